The molecule has 26 heavy (non-hydrogen) atoms. The molecule has 0 aliphatic carbocycles. The Hall–Kier alpha value is -4.05. The largest absolute Gasteiger partial charge is 0.494 e. The topological polar surface area (TPSA) is 127 Å². The van der Waals surface area contributed by atoms with Crippen molar-refractivity contribution in [1.29, 1.82) is 5.26 Å². The van der Waals surface area contributed by atoms with Gasteiger partial charge < -0.3 is 14.6 Å². The van der Waals surface area contributed by atoms with E-state index in [1.54, 1.807) is 30.3 Å². The van der Waals surface area contributed by atoms with Gasteiger partial charge in [-0.15, -0.1) is 0 Å². The molecule has 0 aliphatic heterocycles. The first-order chi connectivity index (χ1) is 12.4. The molecule has 128 valence electrons. The number of aromatic nitrogens is 1. The first-order valence-electron chi connectivity index (χ1n) is 7.40. The molecule has 7 heteroatoms. The second-order valence-corrected chi connectivity index (χ2v) is 5.41. The molecule has 3 N–H and O–H groups in total. The number of nitriles is 1. The van der Waals surface area contributed by atoms with Gasteiger partial charge in [-0.1, -0.05) is 18.7 Å². The summed E-state index contributed by atoms with van der Waals surface area (Å²) in [5.74, 6) is -0.858. The van der Waals surface area contributed by atoms with Crippen LogP contribution in [0.15, 0.2) is 45.6 Å². The Morgan fingerprint density at radius 1 is 1.31 bits per heavy atom. The lowest BCUT2D eigenvalue weighted by Crippen LogP contribution is -2.41. The molecule has 0 saturated heterocycles. The van der Waals surface area contributed by atoms with Crippen LogP contribution in [0.4, 0.5) is 0 Å². The summed E-state index contributed by atoms with van der Waals surface area (Å²) in [4.78, 5) is 25.3. The zero-order valence-corrected chi connectivity index (χ0v) is 13.3. The van der Waals surface area contributed by atoms with Crippen LogP contribution in [0.2, 0.25) is 0 Å². The summed E-state index contributed by atoms with van der Waals surface area (Å²) in [5, 5.41) is 27.9. The standard InChI is InChI=1S/C19H12N2O5/c1-10-14(17(22)21-18(23)15(10)9-20)8-13-5-6-16(26-13)11-3-2-4-12(7-11)19(24)25/h2-8,23H,1H2,(H,21,22)(H,24,25)/b14-8+. The highest BCUT2D eigenvalue weighted by Gasteiger charge is 2.09. The van der Waals surface area contributed by atoms with E-state index in [9.17, 15) is 14.7 Å². The van der Waals surface area contributed by atoms with Gasteiger partial charge in [0.15, 0.2) is 0 Å². The number of benzene rings is 1. The molecule has 0 bridgehead atoms. The van der Waals surface area contributed by atoms with E-state index in [1.807, 2.05) is 0 Å². The van der Waals surface area contributed by atoms with Gasteiger partial charge in [-0.25, -0.2) is 4.79 Å². The lowest BCUT2D eigenvalue weighted by molar-refractivity contribution is 0.0697. The van der Waals surface area contributed by atoms with Crippen molar-refractivity contribution in [2.24, 2.45) is 0 Å². The first-order valence-corrected chi connectivity index (χ1v) is 7.40. The van der Waals surface area contributed by atoms with Crippen molar-refractivity contribution in [3.8, 4) is 23.3 Å². The van der Waals surface area contributed by atoms with E-state index in [1.165, 1.54) is 18.2 Å². The van der Waals surface area contributed by atoms with E-state index in [4.69, 9.17) is 14.8 Å². The highest BCUT2D eigenvalue weighted by Crippen LogP contribution is 2.23. The minimum Gasteiger partial charge on any atom is -0.494 e. The smallest absolute Gasteiger partial charge is 0.335 e. The maximum atomic E-state index is 12.0. The van der Waals surface area contributed by atoms with Crippen molar-refractivity contribution in [3.05, 3.63) is 74.1 Å². The maximum Gasteiger partial charge on any atom is 0.335 e. The summed E-state index contributed by atoms with van der Waals surface area (Å²) in [7, 11) is 0. The van der Waals surface area contributed by atoms with Crippen LogP contribution in [0, 0.1) is 11.3 Å². The van der Waals surface area contributed by atoms with Crippen molar-refractivity contribution >= 4 is 18.6 Å². The fourth-order valence-electron chi connectivity index (χ4n) is 2.46. The van der Waals surface area contributed by atoms with E-state index in [0.29, 0.717) is 17.1 Å². The molecular formula is C19H12N2O5. The molecular weight excluding hydrogens is 336 g/mol. The van der Waals surface area contributed by atoms with Gasteiger partial charge in [-0.2, -0.15) is 5.26 Å². The number of carbonyl (C=O) groups is 1. The van der Waals surface area contributed by atoms with Gasteiger partial charge in [0.2, 0.25) is 5.88 Å². The SMILES string of the molecule is C=c1c(C#N)c(O)[nH]c(=O)/c1=C/c1ccc(-c2cccc(C(=O)O)c2)o1. The molecule has 7 nitrogen and oxygen atoms in total. The number of aromatic amines is 1. The van der Waals surface area contributed by atoms with E-state index < -0.39 is 17.4 Å². The Labute approximate surface area is 146 Å². The second-order valence-electron chi connectivity index (χ2n) is 5.41. The van der Waals surface area contributed by atoms with E-state index in [-0.39, 0.29) is 21.6 Å². The van der Waals surface area contributed by atoms with E-state index in [2.05, 4.69) is 11.6 Å². The third kappa shape index (κ3) is 2.99. The number of hydrogen-bond donors (Lipinski definition) is 3. The molecule has 3 aromatic rings. The molecule has 0 spiro atoms. The number of aromatic carboxylic acids is 1. The monoisotopic (exact) mass is 348 g/mol. The van der Waals surface area contributed by atoms with Gasteiger partial charge in [-0.3, -0.25) is 9.78 Å². The fraction of sp³-hybridized carbons (Fsp3) is 0. The highest BCUT2D eigenvalue weighted by atomic mass is 16.4. The number of nitrogens with zero attached hydrogens (tertiary/aromatic N) is 1. The summed E-state index contributed by atoms with van der Waals surface area (Å²) < 4.78 is 5.65. The van der Waals surface area contributed by atoms with Crippen molar-refractivity contribution < 1.29 is 19.4 Å². The number of furan rings is 1. The van der Waals surface area contributed by atoms with Crippen LogP contribution < -0.4 is 16.0 Å². The number of pyridine rings is 1. The molecule has 0 saturated carbocycles. The number of H-pyrrole nitrogens is 1. The van der Waals surface area contributed by atoms with Crippen LogP contribution in [0.5, 0.6) is 5.88 Å². The van der Waals surface area contributed by atoms with Gasteiger partial charge in [0.1, 0.15) is 23.2 Å². The Morgan fingerprint density at radius 2 is 2.08 bits per heavy atom. The van der Waals surface area contributed by atoms with E-state index >= 15 is 0 Å². The average molecular weight is 348 g/mol. The normalized spacial score (nSPS) is 11.3. The van der Waals surface area contributed by atoms with Crippen LogP contribution in [0.3, 0.4) is 0 Å². The summed E-state index contributed by atoms with van der Waals surface area (Å²) in [6, 6.07) is 11.2. The molecule has 0 atom stereocenters. The molecule has 2 heterocycles. The maximum absolute atomic E-state index is 12.0. The molecule has 2 aromatic heterocycles. The van der Waals surface area contributed by atoms with Crippen molar-refractivity contribution in [2.75, 3.05) is 0 Å². The van der Waals surface area contributed by atoms with Gasteiger partial charge in [-0.05, 0) is 30.3 Å². The predicted molar refractivity (Wildman–Crippen MR) is 92.9 cm³/mol. The number of carboxylic acid groups (broad SMARTS) is 1. The number of rotatable bonds is 3. The second kappa shape index (κ2) is 6.45. The Morgan fingerprint density at radius 3 is 2.77 bits per heavy atom. The number of hydrogen-bond acceptors (Lipinski definition) is 5. The fourth-order valence-corrected chi connectivity index (χ4v) is 2.46. The van der Waals surface area contributed by atoms with Crippen LogP contribution in [-0.2, 0) is 0 Å². The summed E-state index contributed by atoms with van der Waals surface area (Å²) >= 11 is 0. The molecule has 0 unspecified atom stereocenters. The van der Waals surface area contributed by atoms with Gasteiger partial charge in [0.25, 0.3) is 5.56 Å². The highest BCUT2D eigenvalue weighted by molar-refractivity contribution is 5.89. The number of nitrogens with one attached hydrogen (secondary N) is 1. The minimum atomic E-state index is -1.05. The van der Waals surface area contributed by atoms with Crippen LogP contribution in [0.25, 0.3) is 24.0 Å². The third-order valence-corrected chi connectivity index (χ3v) is 3.76. The minimum absolute atomic E-state index is 0.0829. The number of carboxylic acids is 1. The summed E-state index contributed by atoms with van der Waals surface area (Å²) in [5.41, 5.74) is -0.0519. The van der Waals surface area contributed by atoms with Crippen LogP contribution >= 0.6 is 0 Å². The lowest BCUT2D eigenvalue weighted by atomic mass is 10.1. The Bertz CT molecular complexity index is 1230. The van der Waals surface area contributed by atoms with Gasteiger partial charge >= 0.3 is 5.97 Å². The van der Waals surface area contributed by atoms with Gasteiger partial charge in [0, 0.05) is 10.8 Å². The molecule has 0 amide bonds. The average Bonchev–Trinajstić information content (AvgIpc) is 3.07. The molecule has 0 aliphatic rings. The summed E-state index contributed by atoms with van der Waals surface area (Å²) in [6.45, 7) is 3.66. The Balaban J connectivity index is 2.11. The van der Waals surface area contributed by atoms with Crippen molar-refractivity contribution in [1.82, 2.24) is 4.98 Å². The van der Waals surface area contributed by atoms with Crippen LogP contribution in [0.1, 0.15) is 21.7 Å². The lowest BCUT2D eigenvalue weighted by Gasteiger charge is -1.99. The number of aromatic hydroxyl groups is 1. The first kappa shape index (κ1) is 16.8. The quantitative estimate of drug-likeness (QED) is 0.651. The summed E-state index contributed by atoms with van der Waals surface area (Å²) in [6.07, 6.45) is 1.39. The van der Waals surface area contributed by atoms with Crippen LogP contribution in [-0.4, -0.2) is 21.2 Å². The zero-order valence-electron chi connectivity index (χ0n) is 13.3. The molecule has 0 fully saturated rings. The van der Waals surface area contributed by atoms with Crippen molar-refractivity contribution in [2.45, 2.75) is 0 Å². The molecule has 3 rings (SSSR count). The molecule has 1 aromatic carbocycles. The van der Waals surface area contributed by atoms with Gasteiger partial charge in [0.05, 0.1) is 10.8 Å². The zero-order chi connectivity index (χ0) is 18.8. The van der Waals surface area contributed by atoms with Crippen molar-refractivity contribution in [3.63, 3.8) is 0 Å². The predicted octanol–water partition coefficient (Wildman–Crippen LogP) is 1.15. The third-order valence-electron chi connectivity index (χ3n) is 3.76. The molecule has 0 radical (unpaired) electrons. The van der Waals surface area contributed by atoms with E-state index in [0.717, 1.165) is 0 Å². The Kier molecular flexibility index (Phi) is 4.17.